The normalized spacial score (nSPS) is 21.0. The Morgan fingerprint density at radius 1 is 1.33 bits per heavy atom. The predicted octanol–water partition coefficient (Wildman–Crippen LogP) is -0.452. The first-order valence-electron chi connectivity index (χ1n) is 6.19. The number of amides is 2. The van der Waals surface area contributed by atoms with E-state index in [4.69, 9.17) is 0 Å². The van der Waals surface area contributed by atoms with Crippen LogP contribution in [0.1, 0.15) is 26.7 Å². The van der Waals surface area contributed by atoms with E-state index in [1.54, 1.807) is 6.92 Å². The van der Waals surface area contributed by atoms with Crippen LogP contribution in [0.4, 0.5) is 0 Å². The van der Waals surface area contributed by atoms with Gasteiger partial charge < -0.3 is 10.2 Å². The van der Waals surface area contributed by atoms with E-state index >= 15 is 0 Å². The first-order chi connectivity index (χ1) is 8.41. The van der Waals surface area contributed by atoms with E-state index in [0.717, 1.165) is 0 Å². The molecule has 1 rings (SSSR count). The quantitative estimate of drug-likeness (QED) is 0.712. The van der Waals surface area contributed by atoms with Crippen molar-refractivity contribution in [2.75, 3.05) is 24.6 Å². The van der Waals surface area contributed by atoms with Gasteiger partial charge in [-0.3, -0.25) is 9.59 Å². The van der Waals surface area contributed by atoms with Gasteiger partial charge in [-0.2, -0.15) is 0 Å². The summed E-state index contributed by atoms with van der Waals surface area (Å²) in [5, 5.41) is 2.53. The van der Waals surface area contributed by atoms with Crippen LogP contribution in [0.2, 0.25) is 0 Å². The van der Waals surface area contributed by atoms with Gasteiger partial charge in [-0.25, -0.2) is 8.42 Å². The fourth-order valence-corrected chi connectivity index (χ4v) is 2.84. The molecule has 7 heteroatoms. The number of rotatable bonds is 6. The van der Waals surface area contributed by atoms with Crippen LogP contribution in [0.15, 0.2) is 0 Å². The fourth-order valence-electron chi connectivity index (χ4n) is 1.98. The van der Waals surface area contributed by atoms with Crippen molar-refractivity contribution in [2.45, 2.75) is 32.7 Å². The smallest absolute Gasteiger partial charge is 0.243 e. The van der Waals surface area contributed by atoms with Crippen LogP contribution in [-0.4, -0.2) is 55.8 Å². The predicted molar refractivity (Wildman–Crippen MR) is 67.7 cm³/mol. The zero-order chi connectivity index (χ0) is 13.8. The third kappa shape index (κ3) is 3.69. The van der Waals surface area contributed by atoms with E-state index < -0.39 is 15.9 Å². The van der Waals surface area contributed by atoms with Gasteiger partial charge in [0.15, 0.2) is 0 Å². The summed E-state index contributed by atoms with van der Waals surface area (Å²) in [6.07, 6.45) is 0.920. The molecule has 1 atom stereocenters. The van der Waals surface area contributed by atoms with Crippen molar-refractivity contribution in [3.63, 3.8) is 0 Å². The molecule has 1 aliphatic rings. The molecule has 0 aromatic heterocycles. The Hall–Kier alpha value is -1.11. The molecule has 0 aromatic carbocycles. The number of nitrogens with zero attached hydrogens (tertiary/aromatic N) is 1. The van der Waals surface area contributed by atoms with Gasteiger partial charge in [0, 0.05) is 12.3 Å². The van der Waals surface area contributed by atoms with E-state index in [1.807, 2.05) is 6.92 Å². The van der Waals surface area contributed by atoms with Crippen LogP contribution in [0.25, 0.3) is 0 Å². The molecule has 0 radical (unpaired) electrons. The Labute approximate surface area is 108 Å². The number of sulfone groups is 1. The van der Waals surface area contributed by atoms with Crippen molar-refractivity contribution in [2.24, 2.45) is 0 Å². The summed E-state index contributed by atoms with van der Waals surface area (Å²) in [6, 6.07) is -0.462. The van der Waals surface area contributed by atoms with Gasteiger partial charge in [0.2, 0.25) is 11.8 Å². The maximum Gasteiger partial charge on any atom is 0.243 e. The van der Waals surface area contributed by atoms with Gasteiger partial charge in [0.25, 0.3) is 0 Å². The van der Waals surface area contributed by atoms with Crippen molar-refractivity contribution < 1.29 is 18.0 Å². The summed E-state index contributed by atoms with van der Waals surface area (Å²) in [5.41, 5.74) is 0. The summed E-state index contributed by atoms with van der Waals surface area (Å²) in [5.74, 6) is -0.130. The van der Waals surface area contributed by atoms with Crippen LogP contribution in [0.5, 0.6) is 0 Å². The third-order valence-electron chi connectivity index (χ3n) is 3.09. The van der Waals surface area contributed by atoms with E-state index in [1.165, 1.54) is 4.90 Å². The summed E-state index contributed by atoms with van der Waals surface area (Å²) in [4.78, 5) is 24.8. The molecule has 1 unspecified atom stereocenters. The maximum absolute atomic E-state index is 11.7. The zero-order valence-corrected chi connectivity index (χ0v) is 11.6. The topological polar surface area (TPSA) is 83.6 Å². The van der Waals surface area contributed by atoms with Crippen LogP contribution >= 0.6 is 0 Å². The summed E-state index contributed by atoms with van der Waals surface area (Å²) in [6.45, 7) is 3.77. The van der Waals surface area contributed by atoms with Crippen molar-refractivity contribution >= 4 is 21.7 Å². The lowest BCUT2D eigenvalue weighted by atomic mass is 10.1. The number of hydrogen-bond acceptors (Lipinski definition) is 4. The summed E-state index contributed by atoms with van der Waals surface area (Å²) >= 11 is 0. The van der Waals surface area contributed by atoms with Crippen LogP contribution in [0, 0.1) is 0 Å². The Balaban J connectivity index is 2.57. The second-order valence-corrected chi connectivity index (χ2v) is 6.79. The van der Waals surface area contributed by atoms with Gasteiger partial charge in [0.1, 0.15) is 15.9 Å². The Bertz CT molecular complexity index is 419. The van der Waals surface area contributed by atoms with E-state index in [2.05, 4.69) is 5.32 Å². The molecule has 1 heterocycles. The van der Waals surface area contributed by atoms with Crippen molar-refractivity contribution in [3.8, 4) is 0 Å². The number of hydrogen-bond donors (Lipinski definition) is 1. The van der Waals surface area contributed by atoms with Gasteiger partial charge in [-0.15, -0.1) is 0 Å². The second-order valence-electron chi connectivity index (χ2n) is 4.32. The lowest BCUT2D eigenvalue weighted by Gasteiger charge is -2.34. The van der Waals surface area contributed by atoms with Gasteiger partial charge in [-0.1, -0.05) is 13.8 Å². The monoisotopic (exact) mass is 276 g/mol. The Morgan fingerprint density at radius 2 is 2.00 bits per heavy atom. The molecule has 1 saturated heterocycles. The molecule has 104 valence electrons. The molecular weight excluding hydrogens is 256 g/mol. The van der Waals surface area contributed by atoms with Gasteiger partial charge in [-0.05, 0) is 12.8 Å². The molecule has 1 N–H and O–H groups in total. The van der Waals surface area contributed by atoms with Crippen LogP contribution in [0.3, 0.4) is 0 Å². The van der Waals surface area contributed by atoms with E-state index in [9.17, 15) is 18.0 Å². The van der Waals surface area contributed by atoms with Crippen LogP contribution in [-0.2, 0) is 19.4 Å². The first kappa shape index (κ1) is 14.9. The average molecular weight is 276 g/mol. The number of nitrogens with one attached hydrogen (secondary N) is 1. The highest BCUT2D eigenvalue weighted by Gasteiger charge is 2.32. The largest absolute Gasteiger partial charge is 0.345 e. The Morgan fingerprint density at radius 3 is 2.56 bits per heavy atom. The third-order valence-corrected chi connectivity index (χ3v) is 4.88. The van der Waals surface area contributed by atoms with E-state index in [0.29, 0.717) is 19.4 Å². The minimum Gasteiger partial charge on any atom is -0.345 e. The van der Waals surface area contributed by atoms with Crippen molar-refractivity contribution in [1.82, 2.24) is 10.2 Å². The van der Waals surface area contributed by atoms with Gasteiger partial charge in [0.05, 0.1) is 12.3 Å². The molecular formula is C11H20N2O4S. The molecule has 6 nitrogen and oxygen atoms in total. The van der Waals surface area contributed by atoms with Crippen molar-refractivity contribution in [1.29, 1.82) is 0 Å². The molecule has 1 fully saturated rings. The number of carbonyl (C=O) groups is 2. The highest BCUT2D eigenvalue weighted by molar-refractivity contribution is 7.91. The first-order valence-corrected chi connectivity index (χ1v) is 8.01. The second kappa shape index (κ2) is 6.17. The molecule has 0 aromatic rings. The minimum atomic E-state index is -3.01. The van der Waals surface area contributed by atoms with Crippen LogP contribution < -0.4 is 5.32 Å². The lowest BCUT2D eigenvalue weighted by Crippen LogP contribution is -2.58. The standard InChI is InChI=1S/C11H20N2O4S/c1-3-9-11(15)12-8-10(14)13(9)6-5-7-18(16,17)4-2/h9H,3-8H2,1-2H3,(H,12,15). The molecule has 18 heavy (non-hydrogen) atoms. The molecule has 1 aliphatic heterocycles. The highest BCUT2D eigenvalue weighted by Crippen LogP contribution is 2.10. The summed E-state index contributed by atoms with van der Waals surface area (Å²) < 4.78 is 22.7. The Kier molecular flexibility index (Phi) is 5.13. The highest BCUT2D eigenvalue weighted by atomic mass is 32.2. The minimum absolute atomic E-state index is 0.00978. The van der Waals surface area contributed by atoms with Gasteiger partial charge >= 0.3 is 0 Å². The maximum atomic E-state index is 11.7. The molecule has 2 amide bonds. The average Bonchev–Trinajstić information content (AvgIpc) is 2.33. The molecule has 0 aliphatic carbocycles. The SMILES string of the molecule is CCC1C(=O)NCC(=O)N1CCCS(=O)(=O)CC. The molecule has 0 spiro atoms. The number of carbonyl (C=O) groups excluding carboxylic acids is 2. The fraction of sp³-hybridized carbons (Fsp3) is 0.818. The molecule has 0 bridgehead atoms. The number of piperazine rings is 1. The summed E-state index contributed by atoms with van der Waals surface area (Å²) in [7, 11) is -3.01. The van der Waals surface area contributed by atoms with Crippen molar-refractivity contribution in [3.05, 3.63) is 0 Å². The zero-order valence-electron chi connectivity index (χ0n) is 10.8. The molecule has 0 saturated carbocycles. The lowest BCUT2D eigenvalue weighted by molar-refractivity contribution is -0.145. The van der Waals surface area contributed by atoms with E-state index in [-0.39, 0.29) is 29.9 Å².